The van der Waals surface area contributed by atoms with Gasteiger partial charge < -0.3 is 24.1 Å². The van der Waals surface area contributed by atoms with Gasteiger partial charge in [0.05, 0.1) is 16.7 Å². The zero-order chi connectivity index (χ0) is 31.6. The Balaban J connectivity index is 1.76. The van der Waals surface area contributed by atoms with Crippen LogP contribution < -0.4 is 11.2 Å². The fourth-order valence-corrected chi connectivity index (χ4v) is 4.28. The lowest BCUT2D eigenvalue weighted by atomic mass is 10.1. The van der Waals surface area contributed by atoms with E-state index in [0.29, 0.717) is 0 Å². The number of aliphatic hydroxyl groups is 1. The van der Waals surface area contributed by atoms with Gasteiger partial charge >= 0.3 is 23.6 Å². The molecule has 3 aromatic carbocycles. The van der Waals surface area contributed by atoms with Gasteiger partial charge in [-0.3, -0.25) is 14.3 Å². The molecule has 0 amide bonds. The molecule has 4 aromatic rings. The number of nitrogens with zero attached hydrogens (tertiary/aromatic N) is 1. The van der Waals surface area contributed by atoms with Crippen LogP contribution in [0, 0.1) is 6.92 Å². The first kappa shape index (κ1) is 31.6. The van der Waals surface area contributed by atoms with Crippen molar-refractivity contribution < 1.29 is 38.4 Å². The number of carbonyl (C=O) groups is 3. The number of nitrogens with one attached hydrogen (secondary N) is 1. The molecule has 12 nitrogen and oxygen atoms in total. The number of hydrogen-bond donors (Lipinski definition) is 2. The van der Waals surface area contributed by atoms with Crippen LogP contribution in [0.3, 0.4) is 0 Å². The smallest absolute Gasteiger partial charge is 0.338 e. The summed E-state index contributed by atoms with van der Waals surface area (Å²) in [6.07, 6.45) is -5.63. The Morgan fingerprint density at radius 1 is 0.750 bits per heavy atom. The van der Waals surface area contributed by atoms with Crippen molar-refractivity contribution in [1.29, 1.82) is 0 Å². The molecular weight excluding hydrogens is 572 g/mol. The van der Waals surface area contributed by atoms with Crippen LogP contribution in [0.2, 0.25) is 0 Å². The van der Waals surface area contributed by atoms with E-state index in [0.717, 1.165) is 4.57 Å². The Hall–Kier alpha value is -5.33. The number of aliphatic hydroxyl groups excluding tert-OH is 1. The second kappa shape index (κ2) is 14.7. The third-order valence-electron chi connectivity index (χ3n) is 6.55. The van der Waals surface area contributed by atoms with Crippen molar-refractivity contribution in [2.75, 3.05) is 13.7 Å². The van der Waals surface area contributed by atoms with Crippen LogP contribution in [0.4, 0.5) is 0 Å². The van der Waals surface area contributed by atoms with Crippen LogP contribution in [0.1, 0.15) is 42.9 Å². The van der Waals surface area contributed by atoms with E-state index in [1.165, 1.54) is 56.6 Å². The lowest BCUT2D eigenvalue weighted by Gasteiger charge is -2.35. The van der Waals surface area contributed by atoms with Gasteiger partial charge in [-0.05, 0) is 43.3 Å². The van der Waals surface area contributed by atoms with Crippen LogP contribution in [0.25, 0.3) is 0 Å². The number of aryl methyl sites for hydroxylation is 1. The zero-order valence-corrected chi connectivity index (χ0v) is 23.8. The summed E-state index contributed by atoms with van der Waals surface area (Å²) in [6, 6.07) is 23.6. The van der Waals surface area contributed by atoms with Gasteiger partial charge in [-0.1, -0.05) is 54.6 Å². The van der Waals surface area contributed by atoms with Crippen molar-refractivity contribution in [2.45, 2.75) is 31.5 Å². The van der Waals surface area contributed by atoms with Crippen molar-refractivity contribution in [1.82, 2.24) is 9.55 Å². The van der Waals surface area contributed by atoms with Crippen LogP contribution >= 0.6 is 0 Å². The van der Waals surface area contributed by atoms with E-state index in [4.69, 9.17) is 18.9 Å². The molecule has 0 radical (unpaired) electrons. The molecule has 0 bridgehead atoms. The Morgan fingerprint density at radius 3 is 1.68 bits per heavy atom. The first-order chi connectivity index (χ1) is 21.2. The van der Waals surface area contributed by atoms with E-state index in [2.05, 4.69) is 4.98 Å². The standard InChI is InChI=1S/C32H30N2O10/c1-20-18-34(32(40)33-27(20)36)28(41-2)26(44-31(39)23-16-10-5-11-17-23)25(43-30(38)22-14-8-4-9-15-22)24(35)19-42-29(37)21-12-6-3-7-13-21/h3-18,24-26,28,35H,19H2,1-2H3,(H,33,36,40)/t24?,25-,26+,28?/m1/s1. The van der Waals surface area contributed by atoms with Crippen LogP contribution in [-0.2, 0) is 18.9 Å². The monoisotopic (exact) mass is 602 g/mol. The normalized spacial score (nSPS) is 13.6. The Morgan fingerprint density at radius 2 is 1.20 bits per heavy atom. The molecule has 4 atom stereocenters. The summed E-state index contributed by atoms with van der Waals surface area (Å²) in [5.41, 5.74) is -1.05. The largest absolute Gasteiger partial charge is 0.459 e. The molecule has 0 saturated heterocycles. The van der Waals surface area contributed by atoms with Gasteiger partial charge in [-0.25, -0.2) is 19.2 Å². The first-order valence-corrected chi connectivity index (χ1v) is 13.5. The highest BCUT2D eigenvalue weighted by Gasteiger charge is 2.43. The third-order valence-corrected chi connectivity index (χ3v) is 6.55. The summed E-state index contributed by atoms with van der Waals surface area (Å²) in [6.45, 7) is 0.743. The number of aromatic nitrogens is 2. The lowest BCUT2D eigenvalue weighted by Crippen LogP contribution is -2.52. The van der Waals surface area contributed by atoms with Gasteiger partial charge in [0.25, 0.3) is 5.56 Å². The molecule has 12 heteroatoms. The third kappa shape index (κ3) is 7.73. The van der Waals surface area contributed by atoms with Gasteiger partial charge in [0.2, 0.25) is 0 Å². The molecule has 228 valence electrons. The predicted octanol–water partition coefficient (Wildman–Crippen LogP) is 2.66. The minimum atomic E-state index is -1.79. The summed E-state index contributed by atoms with van der Waals surface area (Å²) >= 11 is 0. The maximum atomic E-state index is 13.3. The molecule has 0 aliphatic heterocycles. The lowest BCUT2D eigenvalue weighted by molar-refractivity contribution is -0.153. The van der Waals surface area contributed by atoms with E-state index in [-0.39, 0.29) is 22.3 Å². The van der Waals surface area contributed by atoms with Gasteiger partial charge in [0.1, 0.15) is 12.7 Å². The van der Waals surface area contributed by atoms with Gasteiger partial charge in [0.15, 0.2) is 18.4 Å². The van der Waals surface area contributed by atoms with E-state index in [1.54, 1.807) is 54.6 Å². The molecule has 4 rings (SSSR count). The number of esters is 3. The predicted molar refractivity (Wildman–Crippen MR) is 156 cm³/mol. The number of rotatable bonds is 12. The van der Waals surface area contributed by atoms with Gasteiger partial charge in [-0.2, -0.15) is 0 Å². The van der Waals surface area contributed by atoms with Crippen LogP contribution in [0.15, 0.2) is 107 Å². The van der Waals surface area contributed by atoms with Crippen LogP contribution in [-0.4, -0.2) is 64.6 Å². The van der Waals surface area contributed by atoms with Crippen molar-refractivity contribution in [2.24, 2.45) is 0 Å². The summed E-state index contributed by atoms with van der Waals surface area (Å²) < 4.78 is 23.3. The number of benzene rings is 3. The number of ether oxygens (including phenoxy) is 4. The summed E-state index contributed by atoms with van der Waals surface area (Å²) in [7, 11) is 1.19. The van der Waals surface area contributed by atoms with E-state index < -0.39 is 60.3 Å². The van der Waals surface area contributed by atoms with Gasteiger partial charge in [0, 0.05) is 18.9 Å². The minimum Gasteiger partial charge on any atom is -0.459 e. The Bertz CT molecular complexity index is 1690. The SMILES string of the molecule is COC([C@@H](OC(=O)c1ccccc1)[C@H](OC(=O)c1ccccc1)C(O)COC(=O)c1ccccc1)n1cc(C)c(=O)[nH]c1=O. The summed E-state index contributed by atoms with van der Waals surface area (Å²) in [5, 5.41) is 11.4. The summed E-state index contributed by atoms with van der Waals surface area (Å²) in [4.78, 5) is 66.4. The fraction of sp³-hybridized carbons (Fsp3) is 0.219. The molecule has 2 unspecified atom stereocenters. The second-order valence-electron chi connectivity index (χ2n) is 9.61. The van der Waals surface area contributed by atoms with E-state index in [1.807, 2.05) is 0 Å². The zero-order valence-electron chi connectivity index (χ0n) is 23.8. The summed E-state index contributed by atoms with van der Waals surface area (Å²) in [5.74, 6) is -2.59. The molecular formula is C32H30N2O10. The molecule has 0 aliphatic rings. The second-order valence-corrected chi connectivity index (χ2v) is 9.61. The molecule has 1 aromatic heterocycles. The molecule has 1 heterocycles. The maximum Gasteiger partial charge on any atom is 0.338 e. The molecule has 0 saturated carbocycles. The Kier molecular flexibility index (Phi) is 10.6. The van der Waals surface area contributed by atoms with Gasteiger partial charge in [-0.15, -0.1) is 0 Å². The molecule has 0 aliphatic carbocycles. The molecule has 44 heavy (non-hydrogen) atoms. The van der Waals surface area contributed by atoms with Crippen molar-refractivity contribution in [3.63, 3.8) is 0 Å². The fourth-order valence-electron chi connectivity index (χ4n) is 4.28. The molecule has 0 fully saturated rings. The highest BCUT2D eigenvalue weighted by atomic mass is 16.6. The number of H-pyrrole nitrogens is 1. The van der Waals surface area contributed by atoms with Crippen LogP contribution in [0.5, 0.6) is 0 Å². The number of aromatic amines is 1. The topological polar surface area (TPSA) is 163 Å². The maximum absolute atomic E-state index is 13.3. The number of hydrogen-bond acceptors (Lipinski definition) is 10. The Labute approximate surface area is 251 Å². The minimum absolute atomic E-state index is 0.102. The van der Waals surface area contributed by atoms with E-state index >= 15 is 0 Å². The van der Waals surface area contributed by atoms with Crippen molar-refractivity contribution in [3.05, 3.63) is 140 Å². The molecule has 2 N–H and O–H groups in total. The van der Waals surface area contributed by atoms with Crippen molar-refractivity contribution in [3.8, 4) is 0 Å². The van der Waals surface area contributed by atoms with E-state index in [9.17, 15) is 29.1 Å². The highest BCUT2D eigenvalue weighted by Crippen LogP contribution is 2.25. The van der Waals surface area contributed by atoms with Crippen molar-refractivity contribution >= 4 is 17.9 Å². The highest BCUT2D eigenvalue weighted by molar-refractivity contribution is 5.90. The average Bonchev–Trinajstić information content (AvgIpc) is 3.05. The first-order valence-electron chi connectivity index (χ1n) is 13.5. The quantitative estimate of drug-likeness (QED) is 0.182. The number of methoxy groups -OCH3 is 1. The average molecular weight is 603 g/mol. The molecule has 0 spiro atoms. The number of carbonyl (C=O) groups excluding carboxylic acids is 3.